The third-order valence-corrected chi connectivity index (χ3v) is 6.40. The van der Waals surface area contributed by atoms with Crippen molar-refractivity contribution >= 4 is 28.6 Å². The highest BCUT2D eigenvalue weighted by Gasteiger charge is 2.16. The van der Waals surface area contributed by atoms with Crippen molar-refractivity contribution in [2.45, 2.75) is 6.54 Å². The van der Waals surface area contributed by atoms with E-state index in [0.717, 1.165) is 27.7 Å². The van der Waals surface area contributed by atoms with Crippen molar-refractivity contribution < 1.29 is 14.2 Å². The fourth-order valence-electron chi connectivity index (χ4n) is 4.57. The Balaban J connectivity index is 1.46. The number of imidazole rings is 1. The molecule has 7 heteroatoms. The monoisotopic (exact) mass is 490 g/mol. The second-order valence-corrected chi connectivity index (χ2v) is 8.68. The third kappa shape index (κ3) is 4.10. The highest BCUT2D eigenvalue weighted by Crippen LogP contribution is 2.36. The Morgan fingerprint density at radius 1 is 1.00 bits per heavy atom. The molecule has 0 bridgehead atoms. The molecule has 3 aromatic heterocycles. The number of aromatic nitrogens is 3. The predicted octanol–water partition coefficient (Wildman–Crippen LogP) is 6.61. The van der Waals surface area contributed by atoms with Gasteiger partial charge in [-0.1, -0.05) is 42.5 Å². The molecule has 0 unspecified atom stereocenters. The predicted molar refractivity (Wildman–Crippen MR) is 144 cm³/mol. The number of methoxy groups -OCH3 is 1. The zero-order chi connectivity index (χ0) is 25.4. The van der Waals surface area contributed by atoms with Gasteiger partial charge in [0.2, 0.25) is 0 Å². The van der Waals surface area contributed by atoms with Crippen LogP contribution in [-0.2, 0) is 6.54 Å². The number of hydrogen-bond acceptors (Lipinski definition) is 4. The summed E-state index contributed by atoms with van der Waals surface area (Å²) in [5, 5.41) is 11.1. The van der Waals surface area contributed by atoms with Crippen molar-refractivity contribution in [3.8, 4) is 22.8 Å². The molecule has 0 atom stereocenters. The van der Waals surface area contributed by atoms with Crippen molar-refractivity contribution in [3.05, 3.63) is 114 Å². The van der Waals surface area contributed by atoms with E-state index in [1.807, 2.05) is 76.1 Å². The van der Waals surface area contributed by atoms with Crippen LogP contribution in [0.5, 0.6) is 11.5 Å². The first kappa shape index (κ1) is 22.5. The van der Waals surface area contributed by atoms with Crippen LogP contribution in [0.15, 0.2) is 102 Å². The number of aliphatic imine (C=N–C) groups is 1. The maximum atomic E-state index is 14.4. The minimum atomic E-state index is -0.227. The molecule has 0 saturated heterocycles. The molecule has 3 heterocycles. The summed E-state index contributed by atoms with van der Waals surface area (Å²) < 4.78 is 23.6. The Hall–Kier alpha value is -4.91. The molecular weight excluding hydrogens is 467 g/mol. The number of benzene rings is 3. The zero-order valence-electron chi connectivity index (χ0n) is 20.0. The van der Waals surface area contributed by atoms with Crippen molar-refractivity contribution in [1.29, 1.82) is 0 Å². The highest BCUT2D eigenvalue weighted by molar-refractivity contribution is 6.00. The van der Waals surface area contributed by atoms with Gasteiger partial charge in [0.25, 0.3) is 0 Å². The highest BCUT2D eigenvalue weighted by atomic mass is 19.1. The topological polar surface area (TPSA) is 64.0 Å². The number of phenolic OH excluding ortho intramolecular Hbond substituents is 1. The van der Waals surface area contributed by atoms with Crippen LogP contribution < -0.4 is 4.74 Å². The fourth-order valence-corrected chi connectivity index (χ4v) is 4.57. The molecule has 0 saturated carbocycles. The summed E-state index contributed by atoms with van der Waals surface area (Å²) in [7, 11) is 1.51. The van der Waals surface area contributed by atoms with E-state index in [-0.39, 0.29) is 11.6 Å². The van der Waals surface area contributed by atoms with E-state index in [9.17, 15) is 9.50 Å². The van der Waals surface area contributed by atoms with E-state index < -0.39 is 0 Å². The summed E-state index contributed by atoms with van der Waals surface area (Å²) in [5.74, 6) is 0.841. The van der Waals surface area contributed by atoms with Crippen LogP contribution in [0.3, 0.4) is 0 Å². The van der Waals surface area contributed by atoms with Crippen LogP contribution in [-0.4, -0.2) is 32.4 Å². The Morgan fingerprint density at radius 2 is 1.81 bits per heavy atom. The molecule has 0 fully saturated rings. The molecule has 0 aliphatic rings. The van der Waals surface area contributed by atoms with Crippen molar-refractivity contribution in [1.82, 2.24) is 14.0 Å². The van der Waals surface area contributed by atoms with Crippen LogP contribution in [0, 0.1) is 5.82 Å². The van der Waals surface area contributed by atoms with Crippen LogP contribution in [0.2, 0.25) is 0 Å². The number of para-hydroxylation sites is 1. The van der Waals surface area contributed by atoms with Crippen LogP contribution in [0.4, 0.5) is 10.2 Å². The molecule has 0 spiro atoms. The van der Waals surface area contributed by atoms with Gasteiger partial charge in [0.1, 0.15) is 17.2 Å². The van der Waals surface area contributed by atoms with E-state index in [4.69, 9.17) is 14.7 Å². The van der Waals surface area contributed by atoms with E-state index in [1.165, 1.54) is 13.2 Å². The zero-order valence-corrected chi connectivity index (χ0v) is 20.0. The van der Waals surface area contributed by atoms with Crippen molar-refractivity contribution in [2.24, 2.45) is 4.99 Å². The van der Waals surface area contributed by atoms with Gasteiger partial charge in [0.15, 0.2) is 17.3 Å². The van der Waals surface area contributed by atoms with Gasteiger partial charge in [-0.3, -0.25) is 4.40 Å². The normalized spacial score (nSPS) is 11.6. The van der Waals surface area contributed by atoms with Crippen molar-refractivity contribution in [2.75, 3.05) is 7.11 Å². The van der Waals surface area contributed by atoms with E-state index in [1.54, 1.807) is 30.3 Å². The minimum absolute atomic E-state index is 0.0581. The number of hydrogen-bond donors (Lipinski definition) is 1. The summed E-state index contributed by atoms with van der Waals surface area (Å²) in [6, 6.07) is 25.7. The lowest BCUT2D eigenvalue weighted by atomic mass is 10.1. The van der Waals surface area contributed by atoms with Gasteiger partial charge in [-0.15, -0.1) is 0 Å². The molecule has 37 heavy (non-hydrogen) atoms. The molecule has 3 aromatic carbocycles. The summed E-state index contributed by atoms with van der Waals surface area (Å²) >= 11 is 0. The standard InChI is InChI=1S/C30H23FN4O2/c1-37-27-16-20(13-14-26(27)36)29-30(35-15-7-6-12-28(35)33-29)32-17-22-19-34(25-11-5-3-9-23(22)25)18-21-8-2-4-10-24(21)31/h2-17,19,36H,18H2,1H3. The maximum absolute atomic E-state index is 14.4. The summed E-state index contributed by atoms with van der Waals surface area (Å²) in [6.07, 6.45) is 5.72. The number of fused-ring (bicyclic) bond motifs is 2. The Kier molecular flexibility index (Phi) is 5.65. The first-order valence-corrected chi connectivity index (χ1v) is 11.8. The smallest absolute Gasteiger partial charge is 0.165 e. The molecule has 6 aromatic rings. The quantitative estimate of drug-likeness (QED) is 0.267. The molecule has 182 valence electrons. The van der Waals surface area contributed by atoms with Gasteiger partial charge in [0.05, 0.1) is 13.7 Å². The number of nitrogens with zero attached hydrogens (tertiary/aromatic N) is 4. The minimum Gasteiger partial charge on any atom is -0.504 e. The van der Waals surface area contributed by atoms with Gasteiger partial charge in [0, 0.05) is 46.2 Å². The molecule has 1 N–H and O–H groups in total. The molecule has 0 amide bonds. The maximum Gasteiger partial charge on any atom is 0.165 e. The van der Waals surface area contributed by atoms with Gasteiger partial charge in [-0.25, -0.2) is 14.4 Å². The average Bonchev–Trinajstić information content (AvgIpc) is 3.47. The first-order valence-electron chi connectivity index (χ1n) is 11.8. The Labute approximate surface area is 212 Å². The lowest BCUT2D eigenvalue weighted by Crippen LogP contribution is -2.00. The van der Waals surface area contributed by atoms with Gasteiger partial charge >= 0.3 is 0 Å². The number of rotatable bonds is 6. The largest absolute Gasteiger partial charge is 0.504 e. The molecule has 0 aliphatic heterocycles. The van der Waals surface area contributed by atoms with Crippen LogP contribution in [0.25, 0.3) is 27.8 Å². The lowest BCUT2D eigenvalue weighted by Gasteiger charge is -2.06. The van der Waals surface area contributed by atoms with E-state index >= 15 is 0 Å². The van der Waals surface area contributed by atoms with Crippen molar-refractivity contribution in [3.63, 3.8) is 0 Å². The van der Waals surface area contributed by atoms with E-state index in [2.05, 4.69) is 0 Å². The molecule has 6 nitrogen and oxygen atoms in total. The SMILES string of the molecule is COc1cc(-c2nc3ccccn3c2N=Cc2cn(Cc3ccccc3F)c3ccccc23)ccc1O. The first-order chi connectivity index (χ1) is 18.1. The summed E-state index contributed by atoms with van der Waals surface area (Å²) in [5.41, 5.74) is 4.71. The second kappa shape index (κ2) is 9.28. The molecule has 6 rings (SSSR count). The Morgan fingerprint density at radius 3 is 2.68 bits per heavy atom. The number of ether oxygens (including phenoxy) is 1. The molecular formula is C30H23FN4O2. The number of halogens is 1. The van der Waals surface area contributed by atoms with Crippen LogP contribution >= 0.6 is 0 Å². The fraction of sp³-hybridized carbons (Fsp3) is 0.0667. The van der Waals surface area contributed by atoms with Crippen LogP contribution in [0.1, 0.15) is 11.1 Å². The van der Waals surface area contributed by atoms with E-state index in [0.29, 0.717) is 29.4 Å². The summed E-state index contributed by atoms with van der Waals surface area (Å²) in [4.78, 5) is 9.69. The van der Waals surface area contributed by atoms with Gasteiger partial charge < -0.3 is 14.4 Å². The number of pyridine rings is 1. The second-order valence-electron chi connectivity index (χ2n) is 8.68. The number of phenols is 1. The average molecular weight is 491 g/mol. The lowest BCUT2D eigenvalue weighted by molar-refractivity contribution is 0.373. The Bertz CT molecular complexity index is 1780. The number of aromatic hydroxyl groups is 1. The molecule has 0 aliphatic carbocycles. The molecule has 0 radical (unpaired) electrons. The van der Waals surface area contributed by atoms with Gasteiger partial charge in [-0.05, 0) is 42.5 Å². The third-order valence-electron chi connectivity index (χ3n) is 6.40. The van der Waals surface area contributed by atoms with Gasteiger partial charge in [-0.2, -0.15) is 0 Å². The summed E-state index contributed by atoms with van der Waals surface area (Å²) in [6.45, 7) is 0.412.